The second-order valence-electron chi connectivity index (χ2n) is 8.05. The summed E-state index contributed by atoms with van der Waals surface area (Å²) >= 11 is 0. The molecule has 0 spiro atoms. The van der Waals surface area contributed by atoms with Crippen molar-refractivity contribution in [2.75, 3.05) is 13.2 Å². The van der Waals surface area contributed by atoms with E-state index in [-0.39, 0.29) is 23.6 Å². The standard InChI is InChI=1S/C20H31NO5S/c1-16-10-12-18(13-11-16)27(23,24)25-15-7-9-17-8-5-6-14-21(17)19(22)26-20(2,3)4/h10-13,17H,5-9,14-15H2,1-4H3. The van der Waals surface area contributed by atoms with Gasteiger partial charge in [0.2, 0.25) is 0 Å². The molecule has 152 valence electrons. The van der Waals surface area contributed by atoms with Crippen LogP contribution >= 0.6 is 0 Å². The lowest BCUT2D eigenvalue weighted by Crippen LogP contribution is -2.46. The molecule has 2 rings (SSSR count). The summed E-state index contributed by atoms with van der Waals surface area (Å²) in [6.45, 7) is 8.25. The number of ether oxygens (including phenoxy) is 1. The van der Waals surface area contributed by atoms with E-state index in [0.717, 1.165) is 24.8 Å². The number of hydrogen-bond acceptors (Lipinski definition) is 5. The summed E-state index contributed by atoms with van der Waals surface area (Å²) in [5, 5.41) is 0. The number of carbonyl (C=O) groups excluding carboxylic acids is 1. The van der Waals surface area contributed by atoms with Crippen molar-refractivity contribution < 1.29 is 22.1 Å². The molecule has 1 aliphatic rings. The zero-order valence-electron chi connectivity index (χ0n) is 16.7. The van der Waals surface area contributed by atoms with Crippen LogP contribution in [0.4, 0.5) is 4.79 Å². The number of carbonyl (C=O) groups is 1. The van der Waals surface area contributed by atoms with E-state index in [2.05, 4.69) is 0 Å². The molecule has 1 atom stereocenters. The SMILES string of the molecule is Cc1ccc(S(=O)(=O)OCCCC2CCCCN2C(=O)OC(C)(C)C)cc1. The van der Waals surface area contributed by atoms with Gasteiger partial charge in [-0.15, -0.1) is 0 Å². The molecule has 7 heteroatoms. The molecule has 1 saturated heterocycles. The van der Waals surface area contributed by atoms with Crippen molar-refractivity contribution in [2.24, 2.45) is 0 Å². The van der Waals surface area contributed by atoms with Crippen LogP contribution in [0, 0.1) is 6.92 Å². The lowest BCUT2D eigenvalue weighted by atomic mass is 9.98. The highest BCUT2D eigenvalue weighted by molar-refractivity contribution is 7.86. The molecular weight excluding hydrogens is 366 g/mol. The van der Waals surface area contributed by atoms with E-state index in [1.165, 1.54) is 0 Å². The summed E-state index contributed by atoms with van der Waals surface area (Å²) in [7, 11) is -3.74. The van der Waals surface area contributed by atoms with Crippen LogP contribution in [0.5, 0.6) is 0 Å². The molecule has 1 aromatic carbocycles. The summed E-state index contributed by atoms with van der Waals surface area (Å²) in [5.41, 5.74) is 0.470. The summed E-state index contributed by atoms with van der Waals surface area (Å²) in [6, 6.07) is 6.67. The summed E-state index contributed by atoms with van der Waals surface area (Å²) in [4.78, 5) is 14.4. The fourth-order valence-corrected chi connectivity index (χ4v) is 4.06. The average Bonchev–Trinajstić information content (AvgIpc) is 2.58. The van der Waals surface area contributed by atoms with Crippen molar-refractivity contribution in [2.45, 2.75) is 76.3 Å². The van der Waals surface area contributed by atoms with Crippen LogP contribution in [0.1, 0.15) is 58.4 Å². The molecule has 1 aromatic rings. The second kappa shape index (κ2) is 9.06. The maximum Gasteiger partial charge on any atom is 0.410 e. The topological polar surface area (TPSA) is 72.9 Å². The molecule has 1 fully saturated rings. The summed E-state index contributed by atoms with van der Waals surface area (Å²) in [6.07, 6.45) is 3.91. The number of piperidine rings is 1. The molecule has 0 aromatic heterocycles. The van der Waals surface area contributed by atoms with E-state index >= 15 is 0 Å². The zero-order chi connectivity index (χ0) is 20.1. The van der Waals surface area contributed by atoms with Gasteiger partial charge in [0.25, 0.3) is 10.1 Å². The van der Waals surface area contributed by atoms with Crippen LogP contribution in [-0.2, 0) is 19.0 Å². The van der Waals surface area contributed by atoms with Crippen LogP contribution in [0.2, 0.25) is 0 Å². The number of nitrogens with zero attached hydrogens (tertiary/aromatic N) is 1. The Morgan fingerprint density at radius 3 is 2.48 bits per heavy atom. The minimum absolute atomic E-state index is 0.0688. The van der Waals surface area contributed by atoms with Gasteiger partial charge in [-0.25, -0.2) is 4.79 Å². The Morgan fingerprint density at radius 2 is 1.85 bits per heavy atom. The lowest BCUT2D eigenvalue weighted by molar-refractivity contribution is 0.00823. The van der Waals surface area contributed by atoms with Crippen LogP contribution in [0.15, 0.2) is 29.2 Å². The predicted octanol–water partition coefficient (Wildman–Crippen LogP) is 4.27. The smallest absolute Gasteiger partial charge is 0.410 e. The first kappa shape index (κ1) is 21.7. The van der Waals surface area contributed by atoms with Crippen LogP contribution < -0.4 is 0 Å². The number of likely N-dealkylation sites (tertiary alicyclic amines) is 1. The van der Waals surface area contributed by atoms with E-state index in [4.69, 9.17) is 8.92 Å². The Labute approximate surface area is 163 Å². The monoisotopic (exact) mass is 397 g/mol. The van der Waals surface area contributed by atoms with Gasteiger partial charge in [-0.3, -0.25) is 4.18 Å². The Kier molecular flexibility index (Phi) is 7.28. The quantitative estimate of drug-likeness (QED) is 0.529. The van der Waals surface area contributed by atoms with Crippen molar-refractivity contribution in [3.63, 3.8) is 0 Å². The molecule has 0 radical (unpaired) electrons. The van der Waals surface area contributed by atoms with Gasteiger partial charge < -0.3 is 9.64 Å². The summed E-state index contributed by atoms with van der Waals surface area (Å²) in [5.74, 6) is 0. The second-order valence-corrected chi connectivity index (χ2v) is 9.67. The predicted molar refractivity (Wildman–Crippen MR) is 104 cm³/mol. The van der Waals surface area contributed by atoms with Crippen molar-refractivity contribution >= 4 is 16.2 Å². The third-order valence-corrected chi connectivity index (χ3v) is 5.81. The van der Waals surface area contributed by atoms with Gasteiger partial charge in [-0.2, -0.15) is 8.42 Å². The van der Waals surface area contributed by atoms with Crippen molar-refractivity contribution in [3.8, 4) is 0 Å². The van der Waals surface area contributed by atoms with Gasteiger partial charge in [-0.05, 0) is 71.9 Å². The van der Waals surface area contributed by atoms with Crippen LogP contribution in [0.3, 0.4) is 0 Å². The molecule has 27 heavy (non-hydrogen) atoms. The Hall–Kier alpha value is -1.60. The highest BCUT2D eigenvalue weighted by atomic mass is 32.2. The maximum atomic E-state index is 12.4. The van der Waals surface area contributed by atoms with Gasteiger partial charge in [-0.1, -0.05) is 17.7 Å². The molecular formula is C20H31NO5S. The normalized spacial score (nSPS) is 18.4. The third-order valence-electron chi connectivity index (χ3n) is 4.48. The van der Waals surface area contributed by atoms with E-state index in [9.17, 15) is 13.2 Å². The largest absolute Gasteiger partial charge is 0.444 e. The van der Waals surface area contributed by atoms with Crippen molar-refractivity contribution in [3.05, 3.63) is 29.8 Å². The highest BCUT2D eigenvalue weighted by Gasteiger charge is 2.30. The third kappa shape index (κ3) is 6.81. The molecule has 1 heterocycles. The number of rotatable bonds is 6. The fraction of sp³-hybridized carbons (Fsp3) is 0.650. The first-order valence-corrected chi connectivity index (χ1v) is 10.9. The fourth-order valence-electron chi connectivity index (χ4n) is 3.12. The van der Waals surface area contributed by atoms with E-state index in [1.807, 2.05) is 27.7 Å². The average molecular weight is 398 g/mol. The van der Waals surface area contributed by atoms with Crippen LogP contribution in [-0.4, -0.2) is 44.2 Å². The molecule has 0 aliphatic carbocycles. The molecule has 1 amide bonds. The van der Waals surface area contributed by atoms with Crippen molar-refractivity contribution in [1.82, 2.24) is 4.90 Å². The minimum Gasteiger partial charge on any atom is -0.444 e. The molecule has 6 nitrogen and oxygen atoms in total. The van der Waals surface area contributed by atoms with Gasteiger partial charge >= 0.3 is 6.09 Å². The summed E-state index contributed by atoms with van der Waals surface area (Å²) < 4.78 is 35.1. The molecule has 0 N–H and O–H groups in total. The highest BCUT2D eigenvalue weighted by Crippen LogP contribution is 2.24. The van der Waals surface area contributed by atoms with E-state index in [0.29, 0.717) is 19.4 Å². The Bertz CT molecular complexity index is 722. The number of amides is 1. The lowest BCUT2D eigenvalue weighted by Gasteiger charge is -2.36. The molecule has 0 saturated carbocycles. The van der Waals surface area contributed by atoms with Crippen molar-refractivity contribution in [1.29, 1.82) is 0 Å². The zero-order valence-corrected chi connectivity index (χ0v) is 17.5. The van der Waals surface area contributed by atoms with E-state index in [1.54, 1.807) is 29.2 Å². The number of aryl methyl sites for hydroxylation is 1. The van der Waals surface area contributed by atoms with Crippen LogP contribution in [0.25, 0.3) is 0 Å². The van der Waals surface area contributed by atoms with Gasteiger partial charge in [0.1, 0.15) is 5.60 Å². The maximum absolute atomic E-state index is 12.4. The first-order chi connectivity index (χ1) is 12.6. The molecule has 1 aliphatic heterocycles. The molecule has 0 bridgehead atoms. The van der Waals surface area contributed by atoms with Gasteiger partial charge in [0.15, 0.2) is 0 Å². The molecule has 1 unspecified atom stereocenters. The number of benzene rings is 1. The Morgan fingerprint density at radius 1 is 1.19 bits per heavy atom. The minimum atomic E-state index is -3.74. The van der Waals surface area contributed by atoms with E-state index < -0.39 is 15.7 Å². The Balaban J connectivity index is 1.85. The first-order valence-electron chi connectivity index (χ1n) is 9.54. The number of hydrogen-bond donors (Lipinski definition) is 0. The van der Waals surface area contributed by atoms with Gasteiger partial charge in [0, 0.05) is 12.6 Å². The van der Waals surface area contributed by atoms with Gasteiger partial charge in [0.05, 0.1) is 11.5 Å².